The van der Waals surface area contributed by atoms with Crippen molar-refractivity contribution in [1.29, 1.82) is 0 Å². The minimum absolute atomic E-state index is 0.311. The average Bonchev–Trinajstić information content (AvgIpc) is 3.42. The SMILES string of the molecule is COc1ccc(C(=O)Oc2ccc(/C(C)=N/NC(=O)c3ccccc3-n3cccc3)cc2)cc1. The van der Waals surface area contributed by atoms with Gasteiger partial charge in [0.2, 0.25) is 0 Å². The molecule has 3 aromatic carbocycles. The Balaban J connectivity index is 1.41. The lowest BCUT2D eigenvalue weighted by molar-refractivity contribution is 0.0734. The van der Waals surface area contributed by atoms with E-state index in [9.17, 15) is 9.59 Å². The van der Waals surface area contributed by atoms with Gasteiger partial charge in [0, 0.05) is 12.4 Å². The summed E-state index contributed by atoms with van der Waals surface area (Å²) in [6, 6.07) is 24.7. The molecule has 0 saturated carbocycles. The van der Waals surface area contributed by atoms with E-state index in [4.69, 9.17) is 9.47 Å². The summed E-state index contributed by atoms with van der Waals surface area (Å²) in [5.74, 6) is 0.293. The van der Waals surface area contributed by atoms with E-state index in [1.54, 1.807) is 68.6 Å². The lowest BCUT2D eigenvalue weighted by Gasteiger charge is -2.10. The molecule has 1 amide bonds. The molecule has 0 radical (unpaired) electrons. The Morgan fingerprint density at radius 1 is 0.794 bits per heavy atom. The third-order valence-corrected chi connectivity index (χ3v) is 5.16. The fourth-order valence-electron chi connectivity index (χ4n) is 3.30. The van der Waals surface area contributed by atoms with E-state index in [-0.39, 0.29) is 5.91 Å². The number of hydrazone groups is 1. The fraction of sp³-hybridized carbons (Fsp3) is 0.0741. The number of esters is 1. The lowest BCUT2D eigenvalue weighted by atomic mass is 10.1. The molecule has 0 aliphatic heterocycles. The van der Waals surface area contributed by atoms with Gasteiger partial charge in [0.05, 0.1) is 29.6 Å². The Hall–Kier alpha value is -4.65. The van der Waals surface area contributed by atoms with E-state index in [2.05, 4.69) is 10.5 Å². The Morgan fingerprint density at radius 2 is 1.41 bits per heavy atom. The molecule has 0 saturated heterocycles. The number of ether oxygens (including phenoxy) is 2. The maximum Gasteiger partial charge on any atom is 0.343 e. The lowest BCUT2D eigenvalue weighted by Crippen LogP contribution is -2.21. The number of hydrogen-bond acceptors (Lipinski definition) is 5. The molecule has 0 bridgehead atoms. The van der Waals surface area contributed by atoms with Crippen molar-refractivity contribution in [2.75, 3.05) is 7.11 Å². The van der Waals surface area contributed by atoms with Crippen LogP contribution in [0.4, 0.5) is 0 Å². The monoisotopic (exact) mass is 453 g/mol. The van der Waals surface area contributed by atoms with Crippen molar-refractivity contribution < 1.29 is 19.1 Å². The molecule has 1 aromatic heterocycles. The molecule has 34 heavy (non-hydrogen) atoms. The Bertz CT molecular complexity index is 1310. The first-order valence-electron chi connectivity index (χ1n) is 10.6. The van der Waals surface area contributed by atoms with E-state index in [1.807, 2.05) is 47.3 Å². The topological polar surface area (TPSA) is 81.9 Å². The molecule has 0 fully saturated rings. The first-order valence-corrected chi connectivity index (χ1v) is 10.6. The molecule has 0 aliphatic rings. The smallest absolute Gasteiger partial charge is 0.343 e. The molecule has 170 valence electrons. The highest BCUT2D eigenvalue weighted by molar-refractivity contribution is 6.02. The number of nitrogens with one attached hydrogen (secondary N) is 1. The van der Waals surface area contributed by atoms with Crippen LogP contribution in [0.25, 0.3) is 5.69 Å². The van der Waals surface area contributed by atoms with Gasteiger partial charge < -0.3 is 14.0 Å². The van der Waals surface area contributed by atoms with Crippen molar-refractivity contribution in [2.24, 2.45) is 5.10 Å². The highest BCUT2D eigenvalue weighted by Crippen LogP contribution is 2.18. The molecule has 4 aromatic rings. The molecule has 4 rings (SSSR count). The average molecular weight is 453 g/mol. The first-order chi connectivity index (χ1) is 16.5. The third-order valence-electron chi connectivity index (χ3n) is 5.16. The van der Waals surface area contributed by atoms with Crippen LogP contribution in [-0.4, -0.2) is 29.3 Å². The van der Waals surface area contributed by atoms with Crippen LogP contribution in [0.2, 0.25) is 0 Å². The van der Waals surface area contributed by atoms with Crippen LogP contribution in [0.3, 0.4) is 0 Å². The van der Waals surface area contributed by atoms with Crippen LogP contribution >= 0.6 is 0 Å². The number of benzene rings is 3. The number of methoxy groups -OCH3 is 1. The number of hydrogen-bond donors (Lipinski definition) is 1. The molecular weight excluding hydrogens is 430 g/mol. The van der Waals surface area contributed by atoms with Crippen molar-refractivity contribution in [1.82, 2.24) is 9.99 Å². The second kappa shape index (κ2) is 10.3. The predicted molar refractivity (Wildman–Crippen MR) is 130 cm³/mol. The first kappa shape index (κ1) is 22.5. The quantitative estimate of drug-likeness (QED) is 0.188. The number of amides is 1. The van der Waals surface area contributed by atoms with Gasteiger partial charge >= 0.3 is 5.97 Å². The number of carbonyl (C=O) groups is 2. The number of para-hydroxylation sites is 1. The van der Waals surface area contributed by atoms with Gasteiger partial charge in [-0.3, -0.25) is 4.79 Å². The second-order valence-corrected chi connectivity index (χ2v) is 7.39. The van der Waals surface area contributed by atoms with Gasteiger partial charge in [-0.2, -0.15) is 5.10 Å². The van der Waals surface area contributed by atoms with Crippen LogP contribution < -0.4 is 14.9 Å². The normalized spacial score (nSPS) is 11.1. The molecule has 1 N–H and O–H groups in total. The van der Waals surface area contributed by atoms with Crippen LogP contribution in [0, 0.1) is 0 Å². The van der Waals surface area contributed by atoms with Gasteiger partial charge in [0.25, 0.3) is 5.91 Å². The van der Waals surface area contributed by atoms with Gasteiger partial charge in [0.15, 0.2) is 0 Å². The van der Waals surface area contributed by atoms with Crippen molar-refractivity contribution in [2.45, 2.75) is 6.92 Å². The van der Waals surface area contributed by atoms with E-state index >= 15 is 0 Å². The van der Waals surface area contributed by atoms with Crippen molar-refractivity contribution in [3.8, 4) is 17.2 Å². The highest BCUT2D eigenvalue weighted by atomic mass is 16.5. The molecule has 0 atom stereocenters. The third kappa shape index (κ3) is 5.21. The molecule has 0 aliphatic carbocycles. The van der Waals surface area contributed by atoms with Gasteiger partial charge in [-0.1, -0.05) is 12.1 Å². The molecule has 1 heterocycles. The number of aromatic nitrogens is 1. The Labute approximate surface area is 197 Å². The van der Waals surface area contributed by atoms with Crippen LogP contribution in [0.5, 0.6) is 11.5 Å². The number of rotatable bonds is 7. The zero-order chi connectivity index (χ0) is 23.9. The van der Waals surface area contributed by atoms with Gasteiger partial charge in [0.1, 0.15) is 11.5 Å². The zero-order valence-corrected chi connectivity index (χ0v) is 18.8. The standard InChI is InChI=1S/C27H23N3O4/c1-19(28-29-26(31)24-7-3-4-8-25(24)30-17-5-6-18-30)20-9-15-23(16-10-20)34-27(32)21-11-13-22(33-2)14-12-21/h3-18H,1-2H3,(H,29,31)/b28-19+. The molecule has 7 nitrogen and oxygen atoms in total. The predicted octanol–water partition coefficient (Wildman–Crippen LogP) is 4.86. The largest absolute Gasteiger partial charge is 0.497 e. The summed E-state index contributed by atoms with van der Waals surface area (Å²) in [6.07, 6.45) is 3.76. The van der Waals surface area contributed by atoms with Crippen LogP contribution in [0.15, 0.2) is 102 Å². The van der Waals surface area contributed by atoms with E-state index in [0.717, 1.165) is 11.3 Å². The van der Waals surface area contributed by atoms with Crippen LogP contribution in [0.1, 0.15) is 33.2 Å². The van der Waals surface area contributed by atoms with E-state index in [1.165, 1.54) is 0 Å². The summed E-state index contributed by atoms with van der Waals surface area (Å²) >= 11 is 0. The minimum atomic E-state index is -0.464. The summed E-state index contributed by atoms with van der Waals surface area (Å²) in [4.78, 5) is 25.1. The maximum absolute atomic E-state index is 12.8. The number of carbonyl (C=O) groups excluding carboxylic acids is 2. The van der Waals surface area contributed by atoms with Gasteiger partial charge in [-0.15, -0.1) is 0 Å². The molecule has 0 unspecified atom stereocenters. The maximum atomic E-state index is 12.8. The van der Waals surface area contributed by atoms with Crippen molar-refractivity contribution in [3.63, 3.8) is 0 Å². The molecule has 0 spiro atoms. The molecular formula is C27H23N3O4. The van der Waals surface area contributed by atoms with E-state index < -0.39 is 5.97 Å². The zero-order valence-electron chi connectivity index (χ0n) is 18.8. The summed E-state index contributed by atoms with van der Waals surface area (Å²) in [7, 11) is 1.56. The fourth-order valence-corrected chi connectivity index (χ4v) is 3.30. The minimum Gasteiger partial charge on any atom is -0.497 e. The summed E-state index contributed by atoms with van der Waals surface area (Å²) in [5.41, 5.74) is 5.71. The van der Waals surface area contributed by atoms with E-state index in [0.29, 0.717) is 28.3 Å². The Morgan fingerprint density at radius 3 is 2.09 bits per heavy atom. The second-order valence-electron chi connectivity index (χ2n) is 7.39. The summed E-state index contributed by atoms with van der Waals surface area (Å²) < 4.78 is 12.4. The molecule has 7 heteroatoms. The highest BCUT2D eigenvalue weighted by Gasteiger charge is 2.12. The van der Waals surface area contributed by atoms with Gasteiger partial charge in [-0.25, -0.2) is 10.2 Å². The van der Waals surface area contributed by atoms with Crippen LogP contribution in [-0.2, 0) is 0 Å². The summed E-state index contributed by atoms with van der Waals surface area (Å²) in [6.45, 7) is 1.79. The summed E-state index contributed by atoms with van der Waals surface area (Å²) in [5, 5.41) is 4.24. The van der Waals surface area contributed by atoms with Crippen molar-refractivity contribution >= 4 is 17.6 Å². The van der Waals surface area contributed by atoms with Crippen molar-refractivity contribution in [3.05, 3.63) is 114 Å². The Kier molecular flexibility index (Phi) is 6.84. The number of nitrogens with zero attached hydrogens (tertiary/aromatic N) is 2. The van der Waals surface area contributed by atoms with Gasteiger partial charge in [-0.05, 0) is 85.3 Å².